The summed E-state index contributed by atoms with van der Waals surface area (Å²) in [7, 11) is 1.48. The van der Waals surface area contributed by atoms with Gasteiger partial charge in [0.2, 0.25) is 0 Å². The van der Waals surface area contributed by atoms with Crippen LogP contribution in [0.1, 0.15) is 19.8 Å². The zero-order valence-electron chi connectivity index (χ0n) is 13.1. The highest BCUT2D eigenvalue weighted by molar-refractivity contribution is 5.84. The van der Waals surface area contributed by atoms with Crippen LogP contribution in [0.5, 0.6) is 5.75 Å². The second-order valence-corrected chi connectivity index (χ2v) is 4.57. The van der Waals surface area contributed by atoms with Crippen LogP contribution >= 0.6 is 0 Å². The summed E-state index contributed by atoms with van der Waals surface area (Å²) in [6, 6.07) is 5.92. The first kappa shape index (κ1) is 18.8. The van der Waals surface area contributed by atoms with Gasteiger partial charge in [-0.05, 0) is 36.8 Å². The molecule has 0 fully saturated rings. The number of methoxy groups -OCH3 is 1. The monoisotopic (exact) mass is 327 g/mol. The summed E-state index contributed by atoms with van der Waals surface area (Å²) >= 11 is 0. The molecule has 0 saturated heterocycles. The zero-order chi connectivity index (χ0) is 17.1. The van der Waals surface area contributed by atoms with Gasteiger partial charge in [0.05, 0.1) is 12.8 Å². The molecule has 23 heavy (non-hydrogen) atoms. The molecule has 0 atom stereocenters. The van der Waals surface area contributed by atoms with Crippen LogP contribution in [0.2, 0.25) is 0 Å². The summed E-state index contributed by atoms with van der Waals surface area (Å²) in [6.07, 6.45) is 4.17. The normalized spacial score (nSPS) is 13.0. The maximum Gasteiger partial charge on any atom is 0.468 e. The smallest absolute Gasteiger partial charge is 0.468 e. The molecule has 0 heterocycles. The van der Waals surface area contributed by atoms with E-state index in [1.165, 1.54) is 37.5 Å². The largest absolute Gasteiger partial charge is 0.497 e. The summed E-state index contributed by atoms with van der Waals surface area (Å²) in [5.74, 6) is -0.731. The quantitative estimate of drug-likeness (QED) is 0.391. The Morgan fingerprint density at radius 1 is 1.13 bits per heavy atom. The van der Waals surface area contributed by atoms with Crippen LogP contribution < -0.4 is 4.74 Å². The predicted octanol–water partition coefficient (Wildman–Crippen LogP) is 5.22. The molecule has 126 valence electrons. The van der Waals surface area contributed by atoms with E-state index >= 15 is 0 Å². The number of aliphatic imine (C=N–C) groups is 1. The van der Waals surface area contributed by atoms with E-state index in [1.54, 1.807) is 12.2 Å². The highest BCUT2D eigenvalue weighted by Crippen LogP contribution is 2.24. The van der Waals surface area contributed by atoms with Gasteiger partial charge in [-0.2, -0.15) is 13.2 Å². The third kappa shape index (κ3) is 7.54. The first-order valence-corrected chi connectivity index (χ1v) is 7.21. The Morgan fingerprint density at radius 2 is 1.78 bits per heavy atom. The van der Waals surface area contributed by atoms with Crippen molar-refractivity contribution >= 4 is 11.6 Å². The molecule has 0 N–H and O–H groups in total. The molecule has 0 spiro atoms. The molecule has 6 heteroatoms. The molecule has 0 aliphatic carbocycles. The van der Waals surface area contributed by atoms with Crippen molar-refractivity contribution in [3.63, 3.8) is 0 Å². The first-order valence-electron chi connectivity index (χ1n) is 7.21. The number of ether oxygens (including phenoxy) is 2. The average molecular weight is 327 g/mol. The van der Waals surface area contributed by atoms with Crippen molar-refractivity contribution in [2.24, 2.45) is 4.99 Å². The van der Waals surface area contributed by atoms with E-state index in [2.05, 4.69) is 4.99 Å². The molecule has 1 aromatic carbocycles. The lowest BCUT2D eigenvalue weighted by Gasteiger charge is -2.10. The molecular weight excluding hydrogens is 307 g/mol. The van der Waals surface area contributed by atoms with Gasteiger partial charge >= 0.3 is 6.18 Å². The number of halogens is 3. The maximum absolute atomic E-state index is 12.9. The fourth-order valence-electron chi connectivity index (χ4n) is 1.55. The van der Waals surface area contributed by atoms with Crippen LogP contribution in [-0.4, -0.2) is 25.8 Å². The van der Waals surface area contributed by atoms with E-state index in [1.807, 2.05) is 13.0 Å². The van der Waals surface area contributed by atoms with Gasteiger partial charge in [0.1, 0.15) is 12.4 Å². The molecule has 1 aromatic rings. The van der Waals surface area contributed by atoms with Crippen LogP contribution in [0.3, 0.4) is 0 Å². The number of alkyl halides is 3. The minimum absolute atomic E-state index is 0.143. The van der Waals surface area contributed by atoms with Gasteiger partial charge in [0.25, 0.3) is 5.90 Å². The molecule has 0 aromatic heterocycles. The van der Waals surface area contributed by atoms with E-state index in [9.17, 15) is 13.2 Å². The van der Waals surface area contributed by atoms with Gasteiger partial charge in [-0.15, -0.1) is 0 Å². The van der Waals surface area contributed by atoms with Gasteiger partial charge in [-0.3, -0.25) is 0 Å². The van der Waals surface area contributed by atoms with Crippen LogP contribution in [0.4, 0.5) is 18.9 Å². The van der Waals surface area contributed by atoms with E-state index in [0.717, 1.165) is 12.8 Å². The summed E-state index contributed by atoms with van der Waals surface area (Å²) < 4.78 is 48.4. The lowest BCUT2D eigenvalue weighted by Crippen LogP contribution is -2.25. The second-order valence-electron chi connectivity index (χ2n) is 4.57. The molecule has 0 aliphatic heterocycles. The number of hydrogen-bond acceptors (Lipinski definition) is 3. The Morgan fingerprint density at radius 3 is 2.35 bits per heavy atom. The highest BCUT2D eigenvalue weighted by Gasteiger charge is 2.38. The summed E-state index contributed by atoms with van der Waals surface area (Å²) in [5.41, 5.74) is 0.143. The van der Waals surface area contributed by atoms with Gasteiger partial charge in [-0.25, -0.2) is 4.99 Å². The Hall–Kier alpha value is -2.24. The van der Waals surface area contributed by atoms with Crippen molar-refractivity contribution in [3.05, 3.63) is 48.6 Å². The second kappa shape index (κ2) is 9.71. The van der Waals surface area contributed by atoms with E-state index in [4.69, 9.17) is 9.47 Å². The minimum atomic E-state index is -4.65. The standard InChI is InChI=1S/C17H20F3NO2/c1-3-4-5-6-7-8-13-23-16(17(18,19)20)21-14-9-11-15(22-2)12-10-14/h5-12H,3-4,13H2,1-2H3/b6-5+,8-7+,21-16?. The lowest BCUT2D eigenvalue weighted by atomic mass is 10.3. The SMILES string of the molecule is CCC/C=C/C=C/COC(=Nc1ccc(OC)cc1)C(F)(F)F. The lowest BCUT2D eigenvalue weighted by molar-refractivity contribution is -0.0770. The van der Waals surface area contributed by atoms with Crippen molar-refractivity contribution in [2.45, 2.75) is 25.9 Å². The first-order chi connectivity index (χ1) is 11.0. The molecule has 0 aliphatic rings. The maximum atomic E-state index is 12.9. The van der Waals surface area contributed by atoms with Crippen LogP contribution in [0.25, 0.3) is 0 Å². The average Bonchev–Trinajstić information content (AvgIpc) is 2.52. The third-order valence-electron chi connectivity index (χ3n) is 2.70. The van der Waals surface area contributed by atoms with E-state index in [-0.39, 0.29) is 12.3 Å². The highest BCUT2D eigenvalue weighted by atomic mass is 19.4. The van der Waals surface area contributed by atoms with Crippen molar-refractivity contribution < 1.29 is 22.6 Å². The summed E-state index contributed by atoms with van der Waals surface area (Å²) in [5, 5.41) is 0. The van der Waals surface area contributed by atoms with Crippen molar-refractivity contribution in [2.75, 3.05) is 13.7 Å². The van der Waals surface area contributed by atoms with E-state index in [0.29, 0.717) is 5.75 Å². The molecule has 0 saturated carbocycles. The number of benzene rings is 1. The number of allylic oxidation sites excluding steroid dienone is 3. The number of rotatable bonds is 7. The molecule has 3 nitrogen and oxygen atoms in total. The Bertz CT molecular complexity index is 546. The fraction of sp³-hybridized carbons (Fsp3) is 0.353. The Balaban J connectivity index is 2.71. The van der Waals surface area contributed by atoms with Gasteiger partial charge in [0.15, 0.2) is 0 Å². The molecule has 0 unspecified atom stereocenters. The van der Waals surface area contributed by atoms with Crippen LogP contribution in [0, 0.1) is 0 Å². The summed E-state index contributed by atoms with van der Waals surface area (Å²) in [6.45, 7) is 1.84. The third-order valence-corrected chi connectivity index (χ3v) is 2.70. The van der Waals surface area contributed by atoms with Crippen LogP contribution in [-0.2, 0) is 4.74 Å². The van der Waals surface area contributed by atoms with Gasteiger partial charge in [0, 0.05) is 0 Å². The predicted molar refractivity (Wildman–Crippen MR) is 85.3 cm³/mol. The molecule has 0 bridgehead atoms. The number of unbranched alkanes of at least 4 members (excludes halogenated alkanes) is 1. The fourth-order valence-corrected chi connectivity index (χ4v) is 1.55. The zero-order valence-corrected chi connectivity index (χ0v) is 13.1. The Kier molecular flexibility index (Phi) is 7.94. The summed E-state index contributed by atoms with van der Waals surface area (Å²) in [4.78, 5) is 3.51. The van der Waals surface area contributed by atoms with Crippen molar-refractivity contribution in [3.8, 4) is 5.75 Å². The van der Waals surface area contributed by atoms with Crippen molar-refractivity contribution in [1.82, 2.24) is 0 Å². The number of nitrogens with zero attached hydrogens (tertiary/aromatic N) is 1. The van der Waals surface area contributed by atoms with Crippen LogP contribution in [0.15, 0.2) is 53.6 Å². The number of hydrogen-bond donors (Lipinski definition) is 0. The minimum Gasteiger partial charge on any atom is -0.497 e. The van der Waals surface area contributed by atoms with Gasteiger partial charge < -0.3 is 9.47 Å². The van der Waals surface area contributed by atoms with Crippen molar-refractivity contribution in [1.29, 1.82) is 0 Å². The van der Waals surface area contributed by atoms with E-state index < -0.39 is 12.1 Å². The Labute approximate surface area is 134 Å². The molecular formula is C17H20F3NO2. The topological polar surface area (TPSA) is 30.8 Å². The molecule has 0 radical (unpaired) electrons. The molecule has 0 amide bonds. The van der Waals surface area contributed by atoms with Gasteiger partial charge in [-0.1, -0.05) is 31.6 Å². The molecule has 1 rings (SSSR count).